The number of hydrogen-bond acceptors (Lipinski definition) is 1. The third-order valence-corrected chi connectivity index (χ3v) is 2.37. The normalized spacial score (nSPS) is 11.5. The van der Waals surface area contributed by atoms with Gasteiger partial charge in [-0.2, -0.15) is 0 Å². The molecule has 0 aliphatic rings. The Kier molecular flexibility index (Phi) is 12.4. The molecule has 0 fully saturated rings. The van der Waals surface area contributed by atoms with E-state index in [2.05, 4.69) is 24.3 Å². The molecular formula is C14H24O. The molecule has 0 aliphatic carbocycles. The van der Waals surface area contributed by atoms with Crippen LogP contribution in [0.1, 0.15) is 58.3 Å². The molecule has 1 heteroatoms. The highest BCUT2D eigenvalue weighted by Crippen LogP contribution is 2.06. The first-order valence-corrected chi connectivity index (χ1v) is 6.11. The van der Waals surface area contributed by atoms with Crippen molar-refractivity contribution in [3.63, 3.8) is 0 Å². The smallest absolute Gasteiger partial charge is 0.119 e. The Balaban J connectivity index is 3.04. The summed E-state index contributed by atoms with van der Waals surface area (Å²) >= 11 is 0. The van der Waals surface area contributed by atoms with E-state index >= 15 is 0 Å². The molecule has 86 valence electrons. The Morgan fingerprint density at radius 1 is 0.800 bits per heavy atom. The first-order chi connectivity index (χ1) is 7.41. The zero-order chi connectivity index (χ0) is 11.2. The van der Waals surface area contributed by atoms with E-state index in [4.69, 9.17) is 0 Å². The summed E-state index contributed by atoms with van der Waals surface area (Å²) in [7, 11) is 0. The maximum atomic E-state index is 10.1. The van der Waals surface area contributed by atoms with E-state index in [-0.39, 0.29) is 0 Å². The van der Waals surface area contributed by atoms with Gasteiger partial charge in [0.25, 0.3) is 0 Å². The first kappa shape index (κ1) is 14.2. The van der Waals surface area contributed by atoms with Crippen molar-refractivity contribution in [2.45, 2.75) is 58.3 Å². The number of unbranched alkanes of at least 4 members (excludes halogenated alkanes) is 6. The van der Waals surface area contributed by atoms with Gasteiger partial charge in [0.15, 0.2) is 0 Å². The van der Waals surface area contributed by atoms with Crippen molar-refractivity contribution < 1.29 is 4.79 Å². The molecule has 0 saturated heterocycles. The van der Waals surface area contributed by atoms with Gasteiger partial charge in [-0.3, -0.25) is 0 Å². The van der Waals surface area contributed by atoms with Crippen LogP contribution in [0.15, 0.2) is 24.3 Å². The lowest BCUT2D eigenvalue weighted by Crippen LogP contribution is -1.80. The van der Waals surface area contributed by atoms with Crippen molar-refractivity contribution in [1.29, 1.82) is 0 Å². The molecule has 1 nitrogen and oxygen atoms in total. The van der Waals surface area contributed by atoms with Crippen LogP contribution in [0.25, 0.3) is 0 Å². The monoisotopic (exact) mass is 208 g/mol. The molecule has 0 amide bonds. The highest BCUT2D eigenvalue weighted by Gasteiger charge is 1.88. The van der Waals surface area contributed by atoms with Crippen molar-refractivity contribution in [3.8, 4) is 0 Å². The molecule has 0 unspecified atom stereocenters. The van der Waals surface area contributed by atoms with E-state index in [1.807, 2.05) is 6.92 Å². The Morgan fingerprint density at radius 2 is 1.47 bits per heavy atom. The van der Waals surface area contributed by atoms with Crippen LogP contribution >= 0.6 is 0 Å². The van der Waals surface area contributed by atoms with Gasteiger partial charge in [-0.25, -0.2) is 0 Å². The number of allylic oxidation sites excluding steroid dienone is 4. The number of carbonyl (C=O) groups excluding carboxylic acids is 1. The highest BCUT2D eigenvalue weighted by atomic mass is 16.1. The van der Waals surface area contributed by atoms with Crippen LogP contribution in [0, 0.1) is 0 Å². The molecule has 0 spiro atoms. The fourth-order valence-corrected chi connectivity index (χ4v) is 1.45. The lowest BCUT2D eigenvalue weighted by molar-refractivity contribution is -0.107. The lowest BCUT2D eigenvalue weighted by Gasteiger charge is -1.97. The average molecular weight is 208 g/mol. The third-order valence-electron chi connectivity index (χ3n) is 2.37. The summed E-state index contributed by atoms with van der Waals surface area (Å²) in [6, 6.07) is 0. The molecule has 0 heterocycles. The minimum absolute atomic E-state index is 0.739. The van der Waals surface area contributed by atoms with E-state index in [1.165, 1.54) is 32.1 Å². The minimum Gasteiger partial charge on any atom is -0.303 e. The Morgan fingerprint density at radius 3 is 2.13 bits per heavy atom. The molecule has 15 heavy (non-hydrogen) atoms. The summed E-state index contributed by atoms with van der Waals surface area (Å²) in [5.74, 6) is 0. The maximum absolute atomic E-state index is 10.1. The number of carbonyl (C=O) groups is 1. The van der Waals surface area contributed by atoms with E-state index in [9.17, 15) is 4.79 Å². The zero-order valence-corrected chi connectivity index (χ0v) is 9.95. The van der Waals surface area contributed by atoms with Crippen molar-refractivity contribution >= 4 is 6.29 Å². The number of aldehydes is 1. The minimum atomic E-state index is 0.739. The SMILES string of the molecule is C/C=C\C/C=C\CCCCCCCC=O. The second-order valence-corrected chi connectivity index (χ2v) is 3.79. The topological polar surface area (TPSA) is 17.1 Å². The van der Waals surface area contributed by atoms with Gasteiger partial charge in [-0.1, -0.05) is 43.6 Å². The van der Waals surface area contributed by atoms with Gasteiger partial charge in [0.05, 0.1) is 0 Å². The summed E-state index contributed by atoms with van der Waals surface area (Å²) < 4.78 is 0. The molecule has 0 bridgehead atoms. The number of hydrogen-bond donors (Lipinski definition) is 0. The standard InChI is InChI=1S/C14H24O/c1-2-3-4-5-6-7-8-9-10-11-12-13-14-15/h2-3,5-6,14H,4,7-13H2,1H3/b3-2-,6-5-. The molecule has 0 atom stereocenters. The van der Waals surface area contributed by atoms with Gasteiger partial charge < -0.3 is 4.79 Å². The van der Waals surface area contributed by atoms with Crippen molar-refractivity contribution in [3.05, 3.63) is 24.3 Å². The van der Waals surface area contributed by atoms with E-state index in [0.29, 0.717) is 0 Å². The predicted octanol–water partition coefficient (Wildman–Crippen LogP) is 4.44. The van der Waals surface area contributed by atoms with Gasteiger partial charge in [0, 0.05) is 6.42 Å². The van der Waals surface area contributed by atoms with Crippen LogP contribution in [-0.2, 0) is 4.79 Å². The second-order valence-electron chi connectivity index (χ2n) is 3.79. The van der Waals surface area contributed by atoms with Crippen LogP contribution in [0.4, 0.5) is 0 Å². The summed E-state index contributed by atoms with van der Waals surface area (Å²) in [6.45, 7) is 2.05. The first-order valence-electron chi connectivity index (χ1n) is 6.11. The van der Waals surface area contributed by atoms with E-state index in [1.54, 1.807) is 0 Å². The van der Waals surface area contributed by atoms with Gasteiger partial charge in [0.1, 0.15) is 6.29 Å². The Bertz CT molecular complexity index is 180. The summed E-state index contributed by atoms with van der Waals surface area (Å²) in [4.78, 5) is 10.1. The largest absolute Gasteiger partial charge is 0.303 e. The van der Waals surface area contributed by atoms with Crippen LogP contribution in [0.3, 0.4) is 0 Å². The van der Waals surface area contributed by atoms with Crippen molar-refractivity contribution in [2.75, 3.05) is 0 Å². The molecule has 0 aromatic carbocycles. The third kappa shape index (κ3) is 13.2. The van der Waals surface area contributed by atoms with Crippen LogP contribution < -0.4 is 0 Å². The van der Waals surface area contributed by atoms with Gasteiger partial charge >= 0.3 is 0 Å². The Hall–Kier alpha value is -0.850. The van der Waals surface area contributed by atoms with Crippen LogP contribution in [0.5, 0.6) is 0 Å². The van der Waals surface area contributed by atoms with Gasteiger partial charge in [0.2, 0.25) is 0 Å². The van der Waals surface area contributed by atoms with Gasteiger partial charge in [-0.05, 0) is 32.6 Å². The molecule has 0 radical (unpaired) electrons. The van der Waals surface area contributed by atoms with Gasteiger partial charge in [-0.15, -0.1) is 0 Å². The quantitative estimate of drug-likeness (QED) is 0.295. The molecule has 0 aromatic heterocycles. The summed E-state index contributed by atoms with van der Waals surface area (Å²) in [6.07, 6.45) is 18.9. The predicted molar refractivity (Wildman–Crippen MR) is 67.0 cm³/mol. The molecule has 0 rings (SSSR count). The van der Waals surface area contributed by atoms with Crippen molar-refractivity contribution in [2.24, 2.45) is 0 Å². The molecule has 0 saturated carbocycles. The van der Waals surface area contributed by atoms with E-state index < -0.39 is 0 Å². The summed E-state index contributed by atoms with van der Waals surface area (Å²) in [5.41, 5.74) is 0. The Labute approximate surface area is 94.3 Å². The van der Waals surface area contributed by atoms with E-state index in [0.717, 1.165) is 25.5 Å². The van der Waals surface area contributed by atoms with Crippen molar-refractivity contribution in [1.82, 2.24) is 0 Å². The number of rotatable bonds is 10. The molecule has 0 aromatic rings. The lowest BCUT2D eigenvalue weighted by atomic mass is 10.1. The average Bonchev–Trinajstić information content (AvgIpc) is 2.26. The second kappa shape index (κ2) is 13.2. The van der Waals surface area contributed by atoms with Crippen LogP contribution in [0.2, 0.25) is 0 Å². The van der Waals surface area contributed by atoms with Crippen LogP contribution in [-0.4, -0.2) is 6.29 Å². The molecule has 0 N–H and O–H groups in total. The molecule has 0 aliphatic heterocycles. The zero-order valence-electron chi connectivity index (χ0n) is 9.95. The molecular weight excluding hydrogens is 184 g/mol. The fraction of sp³-hybridized carbons (Fsp3) is 0.643. The maximum Gasteiger partial charge on any atom is 0.119 e. The fourth-order valence-electron chi connectivity index (χ4n) is 1.45. The highest BCUT2D eigenvalue weighted by molar-refractivity contribution is 5.48. The summed E-state index contributed by atoms with van der Waals surface area (Å²) in [5, 5.41) is 0.